The van der Waals surface area contributed by atoms with Crippen molar-refractivity contribution in [3.05, 3.63) is 35.8 Å². The molecule has 0 unspecified atom stereocenters. The van der Waals surface area contributed by atoms with E-state index in [2.05, 4.69) is 31.1 Å². The number of rotatable bonds is 2. The molecule has 0 atom stereocenters. The van der Waals surface area contributed by atoms with E-state index >= 15 is 0 Å². The van der Waals surface area contributed by atoms with Gasteiger partial charge in [-0.05, 0) is 24.5 Å². The van der Waals surface area contributed by atoms with E-state index in [0.29, 0.717) is 12.2 Å². The highest BCUT2D eigenvalue weighted by molar-refractivity contribution is 5.94. The first-order valence-electron chi connectivity index (χ1n) is 6.10. The molecule has 0 saturated heterocycles. The standard InChI is InChI=1S/C14H19N3O/c1-10-12(13(18)15-9-14(2,3)4)17-8-6-5-7-11(17)16-10/h5-8H,9H2,1-4H3,(H,15,18). The number of nitrogens with zero attached hydrogens (tertiary/aromatic N) is 2. The summed E-state index contributed by atoms with van der Waals surface area (Å²) in [4.78, 5) is 16.6. The van der Waals surface area contributed by atoms with Gasteiger partial charge in [-0.25, -0.2) is 4.98 Å². The number of imidazole rings is 1. The van der Waals surface area contributed by atoms with Gasteiger partial charge in [0.15, 0.2) is 0 Å². The summed E-state index contributed by atoms with van der Waals surface area (Å²) in [5.41, 5.74) is 2.25. The van der Waals surface area contributed by atoms with Crippen molar-refractivity contribution in [2.45, 2.75) is 27.7 Å². The average Bonchev–Trinajstić information content (AvgIpc) is 2.61. The predicted molar refractivity (Wildman–Crippen MR) is 71.7 cm³/mol. The fourth-order valence-corrected chi connectivity index (χ4v) is 1.82. The van der Waals surface area contributed by atoms with Gasteiger partial charge in [0.2, 0.25) is 0 Å². The van der Waals surface area contributed by atoms with Crippen molar-refractivity contribution in [2.24, 2.45) is 5.41 Å². The Morgan fingerprint density at radius 2 is 2.11 bits per heavy atom. The average molecular weight is 245 g/mol. The third-order valence-corrected chi connectivity index (χ3v) is 2.70. The van der Waals surface area contributed by atoms with Crippen LogP contribution in [0.25, 0.3) is 5.65 Å². The third kappa shape index (κ3) is 2.53. The van der Waals surface area contributed by atoms with Gasteiger partial charge in [-0.3, -0.25) is 9.20 Å². The largest absolute Gasteiger partial charge is 0.350 e. The molecule has 1 N–H and O–H groups in total. The molecule has 0 spiro atoms. The van der Waals surface area contributed by atoms with Gasteiger partial charge >= 0.3 is 0 Å². The highest BCUT2D eigenvalue weighted by Crippen LogP contribution is 2.14. The number of aromatic nitrogens is 2. The molecular formula is C14H19N3O. The first-order chi connectivity index (χ1) is 8.38. The Kier molecular flexibility index (Phi) is 3.11. The molecule has 0 radical (unpaired) electrons. The van der Waals surface area contributed by atoms with Gasteiger partial charge in [0.1, 0.15) is 11.3 Å². The molecule has 2 aromatic rings. The number of fused-ring (bicyclic) bond motifs is 1. The zero-order chi connectivity index (χ0) is 13.3. The summed E-state index contributed by atoms with van der Waals surface area (Å²) in [5, 5.41) is 2.96. The second-order valence-electron chi connectivity index (χ2n) is 5.72. The minimum atomic E-state index is -0.0684. The number of carbonyl (C=O) groups excluding carboxylic acids is 1. The van der Waals surface area contributed by atoms with Crippen LogP contribution in [0.4, 0.5) is 0 Å². The lowest BCUT2D eigenvalue weighted by Gasteiger charge is -2.18. The molecule has 2 rings (SSSR count). The number of carbonyl (C=O) groups is 1. The maximum Gasteiger partial charge on any atom is 0.270 e. The zero-order valence-corrected chi connectivity index (χ0v) is 11.3. The van der Waals surface area contributed by atoms with E-state index in [-0.39, 0.29) is 11.3 Å². The van der Waals surface area contributed by atoms with Crippen molar-refractivity contribution in [3.63, 3.8) is 0 Å². The summed E-state index contributed by atoms with van der Waals surface area (Å²) in [7, 11) is 0. The Labute approximate surface area is 107 Å². The number of hydrogen-bond donors (Lipinski definition) is 1. The van der Waals surface area contributed by atoms with Gasteiger partial charge in [0, 0.05) is 12.7 Å². The smallest absolute Gasteiger partial charge is 0.270 e. The Bertz CT molecular complexity index is 578. The quantitative estimate of drug-likeness (QED) is 0.883. The van der Waals surface area contributed by atoms with Crippen LogP contribution in [0.5, 0.6) is 0 Å². The number of nitrogens with one attached hydrogen (secondary N) is 1. The third-order valence-electron chi connectivity index (χ3n) is 2.70. The van der Waals surface area contributed by atoms with E-state index in [1.165, 1.54) is 0 Å². The van der Waals surface area contributed by atoms with Crippen LogP contribution in [-0.4, -0.2) is 21.8 Å². The van der Waals surface area contributed by atoms with Gasteiger partial charge in [0.25, 0.3) is 5.91 Å². The lowest BCUT2D eigenvalue weighted by Crippen LogP contribution is -2.33. The van der Waals surface area contributed by atoms with Gasteiger partial charge < -0.3 is 5.32 Å². The molecule has 0 aromatic carbocycles. The van der Waals surface area contributed by atoms with Crippen molar-refractivity contribution in [2.75, 3.05) is 6.54 Å². The Morgan fingerprint density at radius 1 is 1.39 bits per heavy atom. The topological polar surface area (TPSA) is 46.4 Å². The van der Waals surface area contributed by atoms with E-state index in [9.17, 15) is 4.79 Å². The van der Waals surface area contributed by atoms with Crippen LogP contribution in [0.3, 0.4) is 0 Å². The van der Waals surface area contributed by atoms with Crippen molar-refractivity contribution in [1.29, 1.82) is 0 Å². The molecule has 4 nitrogen and oxygen atoms in total. The van der Waals surface area contributed by atoms with Crippen LogP contribution < -0.4 is 5.32 Å². The molecular weight excluding hydrogens is 226 g/mol. The minimum Gasteiger partial charge on any atom is -0.350 e. The molecule has 1 amide bonds. The molecule has 4 heteroatoms. The Hall–Kier alpha value is -1.84. The molecule has 2 heterocycles. The van der Waals surface area contributed by atoms with E-state index in [0.717, 1.165) is 11.3 Å². The summed E-state index contributed by atoms with van der Waals surface area (Å²) < 4.78 is 1.83. The van der Waals surface area contributed by atoms with E-state index in [4.69, 9.17) is 0 Å². The highest BCUT2D eigenvalue weighted by atomic mass is 16.1. The molecule has 0 aliphatic heterocycles. The number of hydrogen-bond acceptors (Lipinski definition) is 2. The van der Waals surface area contributed by atoms with Crippen molar-refractivity contribution >= 4 is 11.6 Å². The van der Waals surface area contributed by atoms with Crippen LogP contribution in [0.2, 0.25) is 0 Å². The summed E-state index contributed by atoms with van der Waals surface area (Å²) in [6.07, 6.45) is 1.86. The lowest BCUT2D eigenvalue weighted by molar-refractivity contribution is 0.0932. The Balaban J connectivity index is 2.30. The van der Waals surface area contributed by atoms with Crippen LogP contribution in [0.1, 0.15) is 37.0 Å². The van der Waals surface area contributed by atoms with Crippen LogP contribution in [-0.2, 0) is 0 Å². The van der Waals surface area contributed by atoms with Crippen LogP contribution in [0, 0.1) is 12.3 Å². The summed E-state index contributed by atoms with van der Waals surface area (Å²) in [6.45, 7) is 8.78. The molecule has 0 fully saturated rings. The SMILES string of the molecule is Cc1nc2ccccn2c1C(=O)NCC(C)(C)C. The molecule has 0 bridgehead atoms. The van der Waals surface area contributed by atoms with Crippen LogP contribution in [0.15, 0.2) is 24.4 Å². The second kappa shape index (κ2) is 4.44. The first-order valence-corrected chi connectivity index (χ1v) is 6.10. The molecule has 0 aliphatic carbocycles. The molecule has 0 aliphatic rings. The lowest BCUT2D eigenvalue weighted by atomic mass is 9.97. The van der Waals surface area contributed by atoms with Crippen LogP contribution >= 0.6 is 0 Å². The summed E-state index contributed by atoms with van der Waals surface area (Å²) >= 11 is 0. The van der Waals surface area contributed by atoms with Crippen molar-refractivity contribution in [3.8, 4) is 0 Å². The van der Waals surface area contributed by atoms with Gasteiger partial charge in [-0.2, -0.15) is 0 Å². The Morgan fingerprint density at radius 3 is 2.78 bits per heavy atom. The molecule has 2 aromatic heterocycles. The zero-order valence-electron chi connectivity index (χ0n) is 11.3. The van der Waals surface area contributed by atoms with Crippen molar-refractivity contribution < 1.29 is 4.79 Å². The highest BCUT2D eigenvalue weighted by Gasteiger charge is 2.18. The van der Waals surface area contributed by atoms with E-state index < -0.39 is 0 Å². The molecule has 0 saturated carbocycles. The monoisotopic (exact) mass is 245 g/mol. The maximum absolute atomic E-state index is 12.2. The van der Waals surface area contributed by atoms with Gasteiger partial charge in [-0.15, -0.1) is 0 Å². The molecule has 18 heavy (non-hydrogen) atoms. The van der Waals surface area contributed by atoms with Gasteiger partial charge in [-0.1, -0.05) is 26.8 Å². The summed E-state index contributed by atoms with van der Waals surface area (Å²) in [5.74, 6) is -0.0684. The maximum atomic E-state index is 12.2. The second-order valence-corrected chi connectivity index (χ2v) is 5.72. The summed E-state index contributed by atoms with van der Waals surface area (Å²) in [6, 6.07) is 5.71. The normalized spacial score (nSPS) is 11.8. The number of pyridine rings is 1. The number of aryl methyl sites for hydroxylation is 1. The predicted octanol–water partition coefficient (Wildman–Crippen LogP) is 2.42. The van der Waals surface area contributed by atoms with E-state index in [1.54, 1.807) is 0 Å². The molecule has 96 valence electrons. The van der Waals surface area contributed by atoms with Gasteiger partial charge in [0.05, 0.1) is 5.69 Å². The fraction of sp³-hybridized carbons (Fsp3) is 0.429. The fourth-order valence-electron chi connectivity index (χ4n) is 1.82. The number of amides is 1. The minimum absolute atomic E-state index is 0.0684. The van der Waals surface area contributed by atoms with Crippen molar-refractivity contribution in [1.82, 2.24) is 14.7 Å². The van der Waals surface area contributed by atoms with E-state index in [1.807, 2.05) is 35.7 Å². The first kappa shape index (κ1) is 12.6.